The van der Waals surface area contributed by atoms with Crippen molar-refractivity contribution in [2.45, 2.75) is 64.1 Å². The number of nitrogens with one attached hydrogen (secondary N) is 1. The Morgan fingerprint density at radius 3 is 2.46 bits per heavy atom. The van der Waals surface area contributed by atoms with E-state index in [1.165, 1.54) is 24.0 Å². The SMILES string of the molecule is CC(C)c1ccc(CNC2CC(N(CC(=O)O)CC3CC3)C2)cc1. The van der Waals surface area contributed by atoms with E-state index >= 15 is 0 Å². The number of carboxylic acids is 1. The van der Waals surface area contributed by atoms with Gasteiger partial charge in [0.25, 0.3) is 0 Å². The molecule has 0 unspecified atom stereocenters. The molecule has 0 aromatic heterocycles. The zero-order valence-electron chi connectivity index (χ0n) is 14.9. The summed E-state index contributed by atoms with van der Waals surface area (Å²) < 4.78 is 0. The molecule has 4 nitrogen and oxygen atoms in total. The Bertz CT molecular complexity index is 545. The van der Waals surface area contributed by atoms with Crippen LogP contribution in [0.5, 0.6) is 0 Å². The Kier molecular flexibility index (Phi) is 5.57. The second-order valence-corrected chi connectivity index (χ2v) is 7.87. The second-order valence-electron chi connectivity index (χ2n) is 7.87. The largest absolute Gasteiger partial charge is 0.480 e. The first-order valence-corrected chi connectivity index (χ1v) is 9.29. The Labute approximate surface area is 145 Å². The first-order chi connectivity index (χ1) is 11.5. The van der Waals surface area contributed by atoms with Crippen molar-refractivity contribution in [1.29, 1.82) is 0 Å². The van der Waals surface area contributed by atoms with Gasteiger partial charge in [-0.05, 0) is 48.6 Å². The molecular formula is C20H30N2O2. The van der Waals surface area contributed by atoms with E-state index in [4.69, 9.17) is 5.11 Å². The highest BCUT2D eigenvalue weighted by molar-refractivity contribution is 5.69. The van der Waals surface area contributed by atoms with Gasteiger partial charge in [-0.3, -0.25) is 9.69 Å². The van der Waals surface area contributed by atoms with Crippen LogP contribution in [0.2, 0.25) is 0 Å². The predicted octanol–water partition coefficient (Wildman–Crippen LogP) is 3.23. The fourth-order valence-electron chi connectivity index (χ4n) is 3.48. The molecule has 0 amide bonds. The molecule has 0 aliphatic heterocycles. The van der Waals surface area contributed by atoms with Crippen LogP contribution >= 0.6 is 0 Å². The fraction of sp³-hybridized carbons (Fsp3) is 0.650. The van der Waals surface area contributed by atoms with Crippen LogP contribution in [0, 0.1) is 5.92 Å². The van der Waals surface area contributed by atoms with Crippen LogP contribution < -0.4 is 5.32 Å². The number of carbonyl (C=O) groups is 1. The molecule has 2 N–H and O–H groups in total. The molecule has 0 saturated heterocycles. The van der Waals surface area contributed by atoms with Crippen LogP contribution in [-0.2, 0) is 11.3 Å². The molecule has 0 spiro atoms. The standard InChI is InChI=1S/C20H30N2O2/c1-14(2)17-7-5-15(6-8-17)11-21-18-9-19(10-18)22(13-20(23)24)12-16-3-4-16/h5-8,14,16,18-19,21H,3-4,9-13H2,1-2H3,(H,23,24). The summed E-state index contributed by atoms with van der Waals surface area (Å²) in [7, 11) is 0. The van der Waals surface area contributed by atoms with E-state index in [1.807, 2.05) is 0 Å². The molecule has 24 heavy (non-hydrogen) atoms. The average molecular weight is 330 g/mol. The topological polar surface area (TPSA) is 52.6 Å². The van der Waals surface area contributed by atoms with Gasteiger partial charge in [-0.2, -0.15) is 0 Å². The van der Waals surface area contributed by atoms with Crippen LogP contribution in [0.3, 0.4) is 0 Å². The van der Waals surface area contributed by atoms with E-state index in [0.29, 0.717) is 18.0 Å². The fourth-order valence-corrected chi connectivity index (χ4v) is 3.48. The summed E-state index contributed by atoms with van der Waals surface area (Å²) in [6.07, 6.45) is 4.70. The Hall–Kier alpha value is -1.39. The Morgan fingerprint density at radius 2 is 1.92 bits per heavy atom. The minimum absolute atomic E-state index is 0.199. The molecule has 0 atom stereocenters. The second kappa shape index (κ2) is 7.66. The van der Waals surface area contributed by atoms with Crippen LogP contribution in [0.1, 0.15) is 56.6 Å². The number of carboxylic acid groups (broad SMARTS) is 1. The number of nitrogens with zero attached hydrogens (tertiary/aromatic N) is 1. The zero-order valence-corrected chi connectivity index (χ0v) is 14.9. The lowest BCUT2D eigenvalue weighted by molar-refractivity contribution is -0.139. The quantitative estimate of drug-likeness (QED) is 0.730. The van der Waals surface area contributed by atoms with Crippen molar-refractivity contribution in [2.24, 2.45) is 5.92 Å². The summed E-state index contributed by atoms with van der Waals surface area (Å²) >= 11 is 0. The van der Waals surface area contributed by atoms with E-state index in [2.05, 4.69) is 48.3 Å². The molecule has 4 heteroatoms. The van der Waals surface area contributed by atoms with Crippen molar-refractivity contribution < 1.29 is 9.90 Å². The summed E-state index contributed by atoms with van der Waals surface area (Å²) in [4.78, 5) is 13.3. The molecule has 0 bridgehead atoms. The van der Waals surface area contributed by atoms with E-state index < -0.39 is 5.97 Å². The van der Waals surface area contributed by atoms with Crippen molar-refractivity contribution in [3.63, 3.8) is 0 Å². The molecule has 1 aromatic rings. The van der Waals surface area contributed by atoms with Gasteiger partial charge in [0.1, 0.15) is 0 Å². The monoisotopic (exact) mass is 330 g/mol. The van der Waals surface area contributed by atoms with Crippen molar-refractivity contribution in [1.82, 2.24) is 10.2 Å². The van der Waals surface area contributed by atoms with E-state index in [1.54, 1.807) is 0 Å². The molecule has 2 aliphatic rings. The molecular weight excluding hydrogens is 300 g/mol. The van der Waals surface area contributed by atoms with Gasteiger partial charge in [0.15, 0.2) is 0 Å². The Morgan fingerprint density at radius 1 is 1.25 bits per heavy atom. The molecule has 2 saturated carbocycles. The van der Waals surface area contributed by atoms with E-state index in [-0.39, 0.29) is 6.54 Å². The summed E-state index contributed by atoms with van der Waals surface area (Å²) in [6, 6.07) is 9.83. The van der Waals surface area contributed by atoms with Gasteiger partial charge in [0.2, 0.25) is 0 Å². The van der Waals surface area contributed by atoms with Gasteiger partial charge in [-0.15, -0.1) is 0 Å². The lowest BCUT2D eigenvalue weighted by Gasteiger charge is -2.43. The molecule has 0 heterocycles. The first kappa shape index (κ1) is 17.4. The van der Waals surface area contributed by atoms with Gasteiger partial charge >= 0.3 is 5.97 Å². The average Bonchev–Trinajstić information content (AvgIpc) is 3.29. The minimum atomic E-state index is -0.697. The van der Waals surface area contributed by atoms with E-state index in [9.17, 15) is 4.79 Å². The third kappa shape index (κ3) is 4.81. The van der Waals surface area contributed by atoms with Crippen LogP contribution in [0.15, 0.2) is 24.3 Å². The van der Waals surface area contributed by atoms with Crippen molar-refractivity contribution >= 4 is 5.97 Å². The third-order valence-corrected chi connectivity index (χ3v) is 5.40. The molecule has 2 aliphatic carbocycles. The van der Waals surface area contributed by atoms with Gasteiger partial charge in [0, 0.05) is 25.2 Å². The highest BCUT2D eigenvalue weighted by atomic mass is 16.4. The number of benzene rings is 1. The van der Waals surface area contributed by atoms with Gasteiger partial charge in [0.05, 0.1) is 6.54 Å². The first-order valence-electron chi connectivity index (χ1n) is 9.29. The summed E-state index contributed by atoms with van der Waals surface area (Å²) in [5, 5.41) is 12.7. The number of hydrogen-bond acceptors (Lipinski definition) is 3. The Balaban J connectivity index is 1.41. The highest BCUT2D eigenvalue weighted by Crippen LogP contribution is 2.33. The molecule has 0 radical (unpaired) electrons. The van der Waals surface area contributed by atoms with Crippen LogP contribution in [0.25, 0.3) is 0 Å². The lowest BCUT2D eigenvalue weighted by Crippen LogP contribution is -2.54. The minimum Gasteiger partial charge on any atom is -0.480 e. The van der Waals surface area contributed by atoms with Crippen molar-refractivity contribution in [3.8, 4) is 0 Å². The molecule has 132 valence electrons. The maximum atomic E-state index is 11.1. The van der Waals surface area contributed by atoms with E-state index in [0.717, 1.165) is 31.8 Å². The number of aliphatic carboxylic acids is 1. The maximum Gasteiger partial charge on any atom is 0.317 e. The summed E-state index contributed by atoms with van der Waals surface area (Å²) in [5.41, 5.74) is 2.70. The molecule has 2 fully saturated rings. The van der Waals surface area contributed by atoms with Gasteiger partial charge in [-0.1, -0.05) is 38.1 Å². The number of hydrogen-bond donors (Lipinski definition) is 2. The van der Waals surface area contributed by atoms with Crippen molar-refractivity contribution in [3.05, 3.63) is 35.4 Å². The third-order valence-electron chi connectivity index (χ3n) is 5.40. The summed E-state index contributed by atoms with van der Waals surface area (Å²) in [5.74, 6) is 0.624. The van der Waals surface area contributed by atoms with Crippen molar-refractivity contribution in [2.75, 3.05) is 13.1 Å². The molecule has 1 aromatic carbocycles. The smallest absolute Gasteiger partial charge is 0.317 e. The summed E-state index contributed by atoms with van der Waals surface area (Å²) in [6.45, 7) is 6.50. The molecule has 3 rings (SSSR count). The van der Waals surface area contributed by atoms with Crippen LogP contribution in [0.4, 0.5) is 0 Å². The zero-order chi connectivity index (χ0) is 17.1. The maximum absolute atomic E-state index is 11.1. The normalized spacial score (nSPS) is 23.5. The van der Waals surface area contributed by atoms with Gasteiger partial charge < -0.3 is 10.4 Å². The highest BCUT2D eigenvalue weighted by Gasteiger charge is 2.36. The lowest BCUT2D eigenvalue weighted by atomic mass is 9.85. The predicted molar refractivity (Wildman–Crippen MR) is 96.1 cm³/mol. The van der Waals surface area contributed by atoms with Gasteiger partial charge in [-0.25, -0.2) is 0 Å². The number of rotatable bonds is 9. The van der Waals surface area contributed by atoms with Crippen LogP contribution in [-0.4, -0.2) is 41.1 Å².